The third-order valence-electron chi connectivity index (χ3n) is 4.37. The zero-order valence-electron chi connectivity index (χ0n) is 21.0. The Hall–Kier alpha value is -2.79. The summed E-state index contributed by atoms with van der Waals surface area (Å²) in [4.78, 5) is 24.8. The number of halogens is 1. The fraction of sp³-hybridized carbons (Fsp3) is 0.407. The van der Waals surface area contributed by atoms with Crippen LogP contribution in [0, 0.1) is 13.8 Å². The van der Waals surface area contributed by atoms with Gasteiger partial charge in [0.25, 0.3) is 0 Å². The van der Waals surface area contributed by atoms with Crippen molar-refractivity contribution in [2.75, 3.05) is 7.11 Å². The van der Waals surface area contributed by atoms with E-state index in [1.807, 2.05) is 60.6 Å². The van der Waals surface area contributed by atoms with Crippen molar-refractivity contribution in [2.45, 2.75) is 67.1 Å². The van der Waals surface area contributed by atoms with Gasteiger partial charge < -0.3 is 14.2 Å². The number of aryl methyl sites for hydroxylation is 2. The van der Waals surface area contributed by atoms with Gasteiger partial charge in [-0.3, -0.25) is 4.79 Å². The highest BCUT2D eigenvalue weighted by Crippen LogP contribution is 2.28. The summed E-state index contributed by atoms with van der Waals surface area (Å²) in [6, 6.07) is 8.69. The average molecular weight is 475 g/mol. The van der Waals surface area contributed by atoms with E-state index in [2.05, 4.69) is 0 Å². The fourth-order valence-corrected chi connectivity index (χ4v) is 3.17. The van der Waals surface area contributed by atoms with Crippen LogP contribution in [0.4, 0.5) is 0 Å². The lowest BCUT2D eigenvalue weighted by Crippen LogP contribution is -2.33. The molecule has 0 heterocycles. The van der Waals surface area contributed by atoms with Crippen LogP contribution in [0.25, 0.3) is 6.08 Å². The van der Waals surface area contributed by atoms with Crippen LogP contribution >= 0.6 is 11.6 Å². The minimum absolute atomic E-state index is 0.192. The number of allylic oxidation sites excluding steroid dienone is 1. The van der Waals surface area contributed by atoms with Crippen LogP contribution in [0.15, 0.2) is 36.4 Å². The second-order valence-corrected chi connectivity index (χ2v) is 8.76. The lowest BCUT2D eigenvalue weighted by Gasteiger charge is -2.23. The Balaban J connectivity index is 0.00000265. The molecule has 0 aromatic heterocycles. The Kier molecular flexibility index (Phi) is 10.7. The second-order valence-electron chi connectivity index (χ2n) is 8.32. The quantitative estimate of drug-likeness (QED) is 0.245. The Bertz CT molecular complexity index is 979. The smallest absolute Gasteiger partial charge is 0.347 e. The molecule has 2 rings (SSSR count). The van der Waals surface area contributed by atoms with E-state index in [0.717, 1.165) is 16.7 Å². The molecule has 0 fully saturated rings. The summed E-state index contributed by atoms with van der Waals surface area (Å²) < 4.78 is 16.5. The standard InChI is InChI=1S/C25H29ClO5.C2H6/c1-15-12-18(8-11-21(27)20-10-9-19(26)14-22(20)29-7)13-16(2)23(15)30-17(3)24(28)31-25(4,5)6;1-2/h8-14,17H,1-7H3;1-2H3/b11-8+;. The number of methoxy groups -OCH3 is 1. The maximum absolute atomic E-state index is 12.6. The van der Waals surface area contributed by atoms with E-state index < -0.39 is 17.7 Å². The van der Waals surface area contributed by atoms with Gasteiger partial charge in [0.2, 0.25) is 0 Å². The van der Waals surface area contributed by atoms with Crippen molar-refractivity contribution in [2.24, 2.45) is 0 Å². The SMILES string of the molecule is CC.COc1cc(Cl)ccc1C(=O)/C=C/c1cc(C)c(OC(C)C(=O)OC(C)(C)C)c(C)c1. The van der Waals surface area contributed by atoms with Crippen LogP contribution in [0.5, 0.6) is 11.5 Å². The van der Waals surface area contributed by atoms with Gasteiger partial charge in [0.15, 0.2) is 11.9 Å². The molecule has 0 aliphatic heterocycles. The molecule has 1 atom stereocenters. The van der Waals surface area contributed by atoms with E-state index in [0.29, 0.717) is 22.1 Å². The van der Waals surface area contributed by atoms with Gasteiger partial charge in [0, 0.05) is 5.02 Å². The van der Waals surface area contributed by atoms with Gasteiger partial charge in [-0.15, -0.1) is 0 Å². The number of carbonyl (C=O) groups excluding carboxylic acids is 2. The van der Waals surface area contributed by atoms with Crippen LogP contribution in [0.1, 0.15) is 68.6 Å². The van der Waals surface area contributed by atoms with E-state index >= 15 is 0 Å². The number of hydrogen-bond acceptors (Lipinski definition) is 5. The topological polar surface area (TPSA) is 61.8 Å². The molecule has 0 saturated carbocycles. The Morgan fingerprint density at radius 1 is 1.03 bits per heavy atom. The van der Waals surface area contributed by atoms with Crippen LogP contribution < -0.4 is 9.47 Å². The van der Waals surface area contributed by atoms with E-state index in [9.17, 15) is 9.59 Å². The van der Waals surface area contributed by atoms with Crippen LogP contribution in [0.2, 0.25) is 5.02 Å². The number of ketones is 1. The first-order chi connectivity index (χ1) is 15.4. The summed E-state index contributed by atoms with van der Waals surface area (Å²) in [6.07, 6.45) is 2.48. The Labute approximate surface area is 202 Å². The minimum Gasteiger partial charge on any atom is -0.496 e. The van der Waals surface area contributed by atoms with E-state index in [-0.39, 0.29) is 5.78 Å². The molecule has 5 nitrogen and oxygen atoms in total. The summed E-state index contributed by atoms with van der Waals surface area (Å²) >= 11 is 5.96. The molecule has 0 spiro atoms. The van der Waals surface area contributed by atoms with Gasteiger partial charge in [-0.1, -0.05) is 31.5 Å². The van der Waals surface area contributed by atoms with Crippen molar-refractivity contribution < 1.29 is 23.8 Å². The molecule has 1 unspecified atom stereocenters. The number of carbonyl (C=O) groups is 2. The maximum Gasteiger partial charge on any atom is 0.347 e. The second kappa shape index (κ2) is 12.4. The molecule has 2 aromatic rings. The maximum atomic E-state index is 12.6. The van der Waals surface area contributed by atoms with Gasteiger partial charge in [0.05, 0.1) is 12.7 Å². The van der Waals surface area contributed by atoms with Gasteiger partial charge in [0.1, 0.15) is 17.1 Å². The highest BCUT2D eigenvalue weighted by atomic mass is 35.5. The zero-order chi connectivity index (χ0) is 25.3. The number of hydrogen-bond donors (Lipinski definition) is 0. The van der Waals surface area contributed by atoms with Crippen LogP contribution in [-0.4, -0.2) is 30.6 Å². The highest BCUT2D eigenvalue weighted by Gasteiger charge is 2.24. The fourth-order valence-electron chi connectivity index (χ4n) is 3.01. The normalized spacial score (nSPS) is 11.9. The van der Waals surface area contributed by atoms with Crippen molar-refractivity contribution in [3.05, 3.63) is 63.7 Å². The van der Waals surface area contributed by atoms with Gasteiger partial charge in [-0.05, 0) is 94.6 Å². The highest BCUT2D eigenvalue weighted by molar-refractivity contribution is 6.31. The minimum atomic E-state index is -0.739. The molecule has 0 N–H and O–H groups in total. The molecule has 0 bridgehead atoms. The third kappa shape index (κ3) is 8.58. The molecule has 6 heteroatoms. The molecule has 2 aromatic carbocycles. The van der Waals surface area contributed by atoms with Crippen LogP contribution in [-0.2, 0) is 9.53 Å². The lowest BCUT2D eigenvalue weighted by molar-refractivity contribution is -0.162. The lowest BCUT2D eigenvalue weighted by atomic mass is 10.0. The van der Waals surface area contributed by atoms with Gasteiger partial charge in [-0.25, -0.2) is 4.79 Å². The van der Waals surface area contributed by atoms with Crippen LogP contribution in [0.3, 0.4) is 0 Å². The Morgan fingerprint density at radius 2 is 1.61 bits per heavy atom. The summed E-state index contributed by atoms with van der Waals surface area (Å²) in [7, 11) is 1.50. The average Bonchev–Trinajstić information content (AvgIpc) is 2.74. The molecule has 0 amide bonds. The zero-order valence-corrected chi connectivity index (χ0v) is 21.8. The third-order valence-corrected chi connectivity index (χ3v) is 4.61. The number of ether oxygens (including phenoxy) is 3. The molecular weight excluding hydrogens is 440 g/mol. The predicted molar refractivity (Wildman–Crippen MR) is 135 cm³/mol. The van der Waals surface area contributed by atoms with E-state index in [4.69, 9.17) is 25.8 Å². The molecular formula is C27H35ClO5. The first-order valence-corrected chi connectivity index (χ1v) is 11.4. The van der Waals surface area contributed by atoms with E-state index in [1.165, 1.54) is 13.2 Å². The molecule has 0 aliphatic carbocycles. The predicted octanol–water partition coefficient (Wildman–Crippen LogP) is 7.00. The van der Waals surface area contributed by atoms with Crippen molar-refractivity contribution >= 4 is 29.4 Å². The summed E-state index contributed by atoms with van der Waals surface area (Å²) in [5.74, 6) is 0.441. The molecule has 180 valence electrons. The molecule has 0 radical (unpaired) electrons. The number of rotatable bonds is 7. The number of benzene rings is 2. The largest absolute Gasteiger partial charge is 0.496 e. The van der Waals surface area contributed by atoms with Gasteiger partial charge in [-0.2, -0.15) is 0 Å². The molecule has 33 heavy (non-hydrogen) atoms. The van der Waals surface area contributed by atoms with Crippen molar-refractivity contribution in [1.29, 1.82) is 0 Å². The first kappa shape index (κ1) is 28.2. The first-order valence-electron chi connectivity index (χ1n) is 11.0. The summed E-state index contributed by atoms with van der Waals surface area (Å²) in [6.45, 7) is 14.9. The summed E-state index contributed by atoms with van der Waals surface area (Å²) in [5, 5.41) is 0.500. The Morgan fingerprint density at radius 3 is 2.12 bits per heavy atom. The van der Waals surface area contributed by atoms with Crippen molar-refractivity contribution in [3.8, 4) is 11.5 Å². The molecule has 0 saturated heterocycles. The monoisotopic (exact) mass is 474 g/mol. The van der Waals surface area contributed by atoms with Crippen molar-refractivity contribution in [3.63, 3.8) is 0 Å². The number of esters is 1. The summed E-state index contributed by atoms with van der Waals surface area (Å²) in [5.41, 5.74) is 2.40. The van der Waals surface area contributed by atoms with Gasteiger partial charge >= 0.3 is 5.97 Å². The van der Waals surface area contributed by atoms with Crippen molar-refractivity contribution in [1.82, 2.24) is 0 Å². The molecule has 0 aliphatic rings. The van der Waals surface area contributed by atoms with E-state index in [1.54, 1.807) is 31.2 Å².